The number of rotatable bonds is 5. The van der Waals surface area contributed by atoms with E-state index in [1.54, 1.807) is 24.3 Å². The molecule has 1 atom stereocenters. The number of sulfonamides is 1. The number of halogens is 1. The van der Waals surface area contributed by atoms with Gasteiger partial charge in [-0.05, 0) is 37.0 Å². The fourth-order valence-electron chi connectivity index (χ4n) is 2.36. The number of benzene rings is 1. The number of hydrogen-bond acceptors (Lipinski definition) is 3. The Morgan fingerprint density at radius 1 is 1.45 bits per heavy atom. The fraction of sp³-hybridized carbons (Fsp3) is 0.462. The first-order valence-corrected chi connectivity index (χ1v) is 8.60. The normalized spacial score (nSPS) is 20.1. The van der Waals surface area contributed by atoms with Crippen molar-refractivity contribution in [3.63, 3.8) is 0 Å². The first kappa shape index (κ1) is 15.5. The van der Waals surface area contributed by atoms with Crippen molar-refractivity contribution in [2.24, 2.45) is 5.92 Å². The van der Waals surface area contributed by atoms with Crippen molar-refractivity contribution in [3.8, 4) is 0 Å². The Morgan fingerprint density at radius 2 is 2.20 bits per heavy atom. The highest BCUT2D eigenvalue weighted by Crippen LogP contribution is 2.27. The smallest absolute Gasteiger partial charge is 0.303 e. The molecule has 110 valence electrons. The van der Waals surface area contributed by atoms with Crippen LogP contribution in [0, 0.1) is 5.92 Å². The second kappa shape index (κ2) is 6.24. The van der Waals surface area contributed by atoms with E-state index in [9.17, 15) is 13.2 Å². The lowest BCUT2D eigenvalue weighted by Crippen LogP contribution is -2.29. The largest absolute Gasteiger partial charge is 0.481 e. The summed E-state index contributed by atoms with van der Waals surface area (Å²) in [7, 11) is -3.48. The van der Waals surface area contributed by atoms with Crippen LogP contribution in [0.15, 0.2) is 33.6 Å². The van der Waals surface area contributed by atoms with E-state index >= 15 is 0 Å². The highest BCUT2D eigenvalue weighted by atomic mass is 79.9. The molecule has 1 aromatic rings. The van der Waals surface area contributed by atoms with Crippen LogP contribution in [-0.2, 0) is 14.8 Å². The van der Waals surface area contributed by atoms with Crippen molar-refractivity contribution in [2.75, 3.05) is 13.1 Å². The molecule has 1 saturated heterocycles. The van der Waals surface area contributed by atoms with Crippen LogP contribution in [0.1, 0.15) is 19.3 Å². The van der Waals surface area contributed by atoms with E-state index in [0.29, 0.717) is 19.5 Å². The molecule has 0 aromatic heterocycles. The van der Waals surface area contributed by atoms with Crippen LogP contribution in [-0.4, -0.2) is 36.9 Å². The van der Waals surface area contributed by atoms with Crippen LogP contribution < -0.4 is 0 Å². The molecular formula is C13H16BrNO4S. The summed E-state index contributed by atoms with van der Waals surface area (Å²) in [6.07, 6.45) is 1.34. The highest BCUT2D eigenvalue weighted by Gasteiger charge is 2.32. The van der Waals surface area contributed by atoms with Gasteiger partial charge in [0.25, 0.3) is 0 Å². The van der Waals surface area contributed by atoms with Crippen LogP contribution in [0.4, 0.5) is 0 Å². The Bertz CT molecular complexity index is 602. The molecule has 1 N–H and O–H groups in total. The van der Waals surface area contributed by atoms with Gasteiger partial charge in [0.1, 0.15) is 0 Å². The number of carbonyl (C=O) groups is 1. The molecule has 0 aliphatic carbocycles. The lowest BCUT2D eigenvalue weighted by Gasteiger charge is -2.16. The Morgan fingerprint density at radius 3 is 2.85 bits per heavy atom. The molecule has 0 saturated carbocycles. The maximum absolute atomic E-state index is 12.5. The van der Waals surface area contributed by atoms with Crippen molar-refractivity contribution in [3.05, 3.63) is 28.7 Å². The topological polar surface area (TPSA) is 74.7 Å². The molecular weight excluding hydrogens is 346 g/mol. The predicted molar refractivity (Wildman–Crippen MR) is 77.9 cm³/mol. The Labute approximate surface area is 126 Å². The van der Waals surface area contributed by atoms with Gasteiger partial charge in [0.15, 0.2) is 0 Å². The van der Waals surface area contributed by atoms with Crippen LogP contribution in [0.25, 0.3) is 0 Å². The number of hydrogen-bond donors (Lipinski definition) is 1. The van der Waals surface area contributed by atoms with E-state index in [0.717, 1.165) is 10.9 Å². The first-order chi connectivity index (χ1) is 9.39. The van der Waals surface area contributed by atoms with Gasteiger partial charge in [-0.3, -0.25) is 4.79 Å². The molecule has 20 heavy (non-hydrogen) atoms. The van der Waals surface area contributed by atoms with E-state index < -0.39 is 16.0 Å². The number of nitrogens with zero attached hydrogens (tertiary/aromatic N) is 1. The van der Waals surface area contributed by atoms with Crippen LogP contribution in [0.3, 0.4) is 0 Å². The second-order valence-electron chi connectivity index (χ2n) is 4.91. The van der Waals surface area contributed by atoms with E-state index in [2.05, 4.69) is 15.9 Å². The zero-order chi connectivity index (χ0) is 14.8. The third-order valence-electron chi connectivity index (χ3n) is 3.45. The van der Waals surface area contributed by atoms with Gasteiger partial charge in [-0.2, -0.15) is 4.31 Å². The summed E-state index contributed by atoms with van der Waals surface area (Å²) in [5, 5.41) is 8.67. The summed E-state index contributed by atoms with van der Waals surface area (Å²) in [5.74, 6) is -0.702. The minimum Gasteiger partial charge on any atom is -0.481 e. The lowest BCUT2D eigenvalue weighted by atomic mass is 10.0. The molecule has 0 bridgehead atoms. The summed E-state index contributed by atoms with van der Waals surface area (Å²) in [5.41, 5.74) is 0. The molecule has 2 rings (SSSR count). The lowest BCUT2D eigenvalue weighted by molar-refractivity contribution is -0.137. The zero-order valence-electron chi connectivity index (χ0n) is 10.8. The predicted octanol–water partition coefficient (Wildman–Crippen LogP) is 2.32. The van der Waals surface area contributed by atoms with Gasteiger partial charge in [-0.1, -0.05) is 22.0 Å². The van der Waals surface area contributed by atoms with Crippen LogP contribution >= 0.6 is 15.9 Å². The van der Waals surface area contributed by atoms with E-state index in [1.165, 1.54) is 4.31 Å². The maximum Gasteiger partial charge on any atom is 0.303 e. The monoisotopic (exact) mass is 361 g/mol. The van der Waals surface area contributed by atoms with Crippen molar-refractivity contribution >= 4 is 31.9 Å². The zero-order valence-corrected chi connectivity index (χ0v) is 13.2. The number of aliphatic carboxylic acids is 1. The third kappa shape index (κ3) is 3.59. The summed E-state index contributed by atoms with van der Waals surface area (Å²) in [6.45, 7) is 0.862. The minimum absolute atomic E-state index is 0.0927. The maximum atomic E-state index is 12.5. The van der Waals surface area contributed by atoms with Gasteiger partial charge in [0.05, 0.1) is 4.90 Å². The fourth-order valence-corrected chi connectivity index (χ4v) is 4.48. The van der Waals surface area contributed by atoms with Crippen molar-refractivity contribution in [1.82, 2.24) is 4.31 Å². The van der Waals surface area contributed by atoms with Gasteiger partial charge >= 0.3 is 5.97 Å². The highest BCUT2D eigenvalue weighted by molar-refractivity contribution is 9.10. The average molecular weight is 362 g/mol. The van der Waals surface area contributed by atoms with E-state index in [4.69, 9.17) is 5.11 Å². The molecule has 1 aromatic carbocycles. The molecule has 0 spiro atoms. The molecule has 1 unspecified atom stereocenters. The second-order valence-corrected chi connectivity index (χ2v) is 7.76. The van der Waals surface area contributed by atoms with Crippen molar-refractivity contribution in [1.29, 1.82) is 0 Å². The first-order valence-electron chi connectivity index (χ1n) is 6.37. The van der Waals surface area contributed by atoms with Gasteiger partial charge in [-0.25, -0.2) is 8.42 Å². The molecule has 1 aliphatic rings. The molecule has 0 radical (unpaired) electrons. The number of carboxylic acid groups (broad SMARTS) is 1. The van der Waals surface area contributed by atoms with Crippen LogP contribution in [0.2, 0.25) is 0 Å². The van der Waals surface area contributed by atoms with Crippen molar-refractivity contribution in [2.45, 2.75) is 24.2 Å². The molecule has 5 nitrogen and oxygen atoms in total. The molecule has 1 aliphatic heterocycles. The Kier molecular flexibility index (Phi) is 4.82. The van der Waals surface area contributed by atoms with Gasteiger partial charge < -0.3 is 5.11 Å². The molecule has 7 heteroatoms. The minimum atomic E-state index is -3.48. The number of carboxylic acids is 1. The Balaban J connectivity index is 2.07. The third-order valence-corrected chi connectivity index (χ3v) is 5.80. The molecule has 1 heterocycles. The van der Waals surface area contributed by atoms with Gasteiger partial charge in [-0.15, -0.1) is 0 Å². The summed E-state index contributed by atoms with van der Waals surface area (Å²) in [4.78, 5) is 10.8. The SMILES string of the molecule is O=C(O)CCC1CCN(S(=O)(=O)c2cccc(Br)c2)C1. The molecule has 0 amide bonds. The summed E-state index contributed by atoms with van der Waals surface area (Å²) in [6, 6.07) is 6.62. The molecule has 1 fully saturated rings. The Hall–Kier alpha value is -0.920. The average Bonchev–Trinajstić information content (AvgIpc) is 2.86. The van der Waals surface area contributed by atoms with Crippen LogP contribution in [0.5, 0.6) is 0 Å². The van der Waals surface area contributed by atoms with Gasteiger partial charge in [0, 0.05) is 24.0 Å². The standard InChI is InChI=1S/C13H16BrNO4S/c14-11-2-1-3-12(8-11)20(18,19)15-7-6-10(9-15)4-5-13(16)17/h1-3,8,10H,4-7,9H2,(H,16,17). The van der Waals surface area contributed by atoms with E-state index in [1.807, 2.05) is 0 Å². The summed E-state index contributed by atoms with van der Waals surface area (Å²) < 4.78 is 27.1. The quantitative estimate of drug-likeness (QED) is 0.873. The summed E-state index contributed by atoms with van der Waals surface area (Å²) >= 11 is 3.27. The van der Waals surface area contributed by atoms with Gasteiger partial charge in [0.2, 0.25) is 10.0 Å². The van der Waals surface area contributed by atoms with Crippen molar-refractivity contribution < 1.29 is 18.3 Å². The van der Waals surface area contributed by atoms with E-state index in [-0.39, 0.29) is 17.2 Å².